The van der Waals surface area contributed by atoms with Gasteiger partial charge in [0.2, 0.25) is 11.7 Å². The number of carbonyl (C=O) groups is 5. The first-order valence-corrected chi connectivity index (χ1v) is 10.4. The number of Topliss-reactive ketones (excluding diaryl/α,β-unsaturated/α-hetero) is 2. The second-order valence-electron chi connectivity index (χ2n) is 7.46. The van der Waals surface area contributed by atoms with E-state index in [1.165, 1.54) is 6.92 Å². The highest BCUT2D eigenvalue weighted by Gasteiger charge is 2.30. The normalized spacial score (nSPS) is 13.7. The molecule has 0 rings (SSSR count). The summed E-state index contributed by atoms with van der Waals surface area (Å²) in [6.45, 7) is 3.77. The Kier molecular flexibility index (Phi) is 14.3. The number of hydrogen-bond donors (Lipinski definition) is 5. The molecule has 30 heavy (non-hydrogen) atoms. The van der Waals surface area contributed by atoms with Gasteiger partial charge >= 0.3 is 5.97 Å². The lowest BCUT2D eigenvalue weighted by Crippen LogP contribution is -2.51. The van der Waals surface area contributed by atoms with Crippen molar-refractivity contribution in [2.24, 2.45) is 17.4 Å². The second-order valence-corrected chi connectivity index (χ2v) is 7.46. The van der Waals surface area contributed by atoms with Gasteiger partial charge in [0.15, 0.2) is 5.78 Å². The summed E-state index contributed by atoms with van der Waals surface area (Å²) in [6, 6.07) is -1.85. The van der Waals surface area contributed by atoms with Gasteiger partial charge in [-0.25, -0.2) is 0 Å². The zero-order valence-electron chi connectivity index (χ0n) is 17.9. The van der Waals surface area contributed by atoms with Crippen molar-refractivity contribution in [3.63, 3.8) is 0 Å². The Balaban J connectivity index is 5.08. The third-order valence-electron chi connectivity index (χ3n) is 4.79. The van der Waals surface area contributed by atoms with Gasteiger partial charge in [0.25, 0.3) is 5.91 Å². The summed E-state index contributed by atoms with van der Waals surface area (Å²) in [5.74, 6) is -4.18. The van der Waals surface area contributed by atoms with Gasteiger partial charge in [-0.05, 0) is 65.0 Å². The van der Waals surface area contributed by atoms with Crippen LogP contribution in [0.2, 0.25) is 0 Å². The zero-order chi connectivity index (χ0) is 23.1. The molecule has 0 aromatic rings. The Hall–Kier alpha value is -2.33. The first-order valence-electron chi connectivity index (χ1n) is 10.4. The van der Waals surface area contributed by atoms with E-state index in [1.807, 2.05) is 0 Å². The highest BCUT2D eigenvalue weighted by atomic mass is 16.4. The molecule has 0 bridgehead atoms. The summed E-state index contributed by atoms with van der Waals surface area (Å²) < 4.78 is 0. The van der Waals surface area contributed by atoms with Crippen LogP contribution < -0.4 is 22.1 Å². The van der Waals surface area contributed by atoms with Gasteiger partial charge in [0.05, 0.1) is 12.1 Å². The summed E-state index contributed by atoms with van der Waals surface area (Å²) in [6.07, 6.45) is 3.00. The summed E-state index contributed by atoms with van der Waals surface area (Å²) in [5.41, 5.74) is 10.9. The molecule has 0 aliphatic rings. The standard InChI is InChI=1S/C20H36N4O6/c1-13(9-10-17(26)27)19(29)24-16(8-4-6-12-22)18(28)20(30)23-15(14(2)25)7-3-5-11-21/h13,15-16H,3-12,21-22H2,1-2H3,(H,23,30)(H,24,29)(H,26,27)/t13-,15-,16-/m0/s1. The number of carbonyl (C=O) groups excluding carboxylic acids is 4. The van der Waals surface area contributed by atoms with Gasteiger partial charge in [-0.3, -0.25) is 24.0 Å². The van der Waals surface area contributed by atoms with Crippen molar-refractivity contribution in [2.45, 2.75) is 77.3 Å². The molecule has 0 unspecified atom stereocenters. The minimum atomic E-state index is -1.06. The molecule has 0 radical (unpaired) electrons. The Labute approximate surface area is 177 Å². The molecule has 0 aromatic heterocycles. The minimum absolute atomic E-state index is 0.116. The largest absolute Gasteiger partial charge is 0.481 e. The van der Waals surface area contributed by atoms with Crippen LogP contribution in [0.15, 0.2) is 0 Å². The molecule has 3 atom stereocenters. The number of nitrogens with one attached hydrogen (secondary N) is 2. The van der Waals surface area contributed by atoms with E-state index in [-0.39, 0.29) is 25.0 Å². The predicted molar refractivity (Wildman–Crippen MR) is 111 cm³/mol. The second kappa shape index (κ2) is 15.5. The summed E-state index contributed by atoms with van der Waals surface area (Å²) in [4.78, 5) is 59.9. The maximum Gasteiger partial charge on any atom is 0.303 e. The highest BCUT2D eigenvalue weighted by molar-refractivity contribution is 6.38. The quantitative estimate of drug-likeness (QED) is 0.157. The smallest absolute Gasteiger partial charge is 0.303 e. The number of aliphatic carboxylic acids is 1. The Bertz CT molecular complexity index is 596. The van der Waals surface area contributed by atoms with Gasteiger partial charge in [-0.15, -0.1) is 0 Å². The van der Waals surface area contributed by atoms with Crippen LogP contribution in [-0.2, 0) is 24.0 Å². The van der Waals surface area contributed by atoms with E-state index in [9.17, 15) is 24.0 Å². The first-order chi connectivity index (χ1) is 14.1. The number of rotatable bonds is 17. The molecule has 0 aromatic carbocycles. The van der Waals surface area contributed by atoms with Crippen LogP contribution in [0.3, 0.4) is 0 Å². The van der Waals surface area contributed by atoms with Crippen LogP contribution in [0, 0.1) is 5.92 Å². The van der Waals surface area contributed by atoms with E-state index in [0.717, 1.165) is 0 Å². The topological polar surface area (TPSA) is 182 Å². The van der Waals surface area contributed by atoms with Crippen LogP contribution in [0.5, 0.6) is 0 Å². The third kappa shape index (κ3) is 11.6. The van der Waals surface area contributed by atoms with E-state index < -0.39 is 41.6 Å². The average molecular weight is 429 g/mol. The number of hydrogen-bond acceptors (Lipinski definition) is 7. The molecule has 0 fully saturated rings. The molecular weight excluding hydrogens is 392 g/mol. The van der Waals surface area contributed by atoms with Crippen LogP contribution in [-0.4, -0.2) is 59.6 Å². The van der Waals surface area contributed by atoms with Crippen molar-refractivity contribution in [2.75, 3.05) is 13.1 Å². The van der Waals surface area contributed by atoms with Crippen molar-refractivity contribution in [1.82, 2.24) is 10.6 Å². The molecule has 2 amide bonds. The zero-order valence-corrected chi connectivity index (χ0v) is 17.9. The van der Waals surface area contributed by atoms with Crippen molar-refractivity contribution < 1.29 is 29.1 Å². The van der Waals surface area contributed by atoms with Crippen LogP contribution >= 0.6 is 0 Å². The monoisotopic (exact) mass is 428 g/mol. The molecule has 0 aliphatic heterocycles. The summed E-state index contributed by atoms with van der Waals surface area (Å²) in [5, 5.41) is 13.8. The maximum absolute atomic E-state index is 12.7. The third-order valence-corrected chi connectivity index (χ3v) is 4.79. The summed E-state index contributed by atoms with van der Waals surface area (Å²) >= 11 is 0. The number of carboxylic acid groups (broad SMARTS) is 1. The molecule has 172 valence electrons. The van der Waals surface area contributed by atoms with Gasteiger partial charge in [0, 0.05) is 12.3 Å². The first kappa shape index (κ1) is 27.7. The highest BCUT2D eigenvalue weighted by Crippen LogP contribution is 2.09. The van der Waals surface area contributed by atoms with Crippen molar-refractivity contribution >= 4 is 29.4 Å². The fourth-order valence-corrected chi connectivity index (χ4v) is 2.80. The molecule has 0 aliphatic carbocycles. The molecule has 0 spiro atoms. The van der Waals surface area contributed by atoms with Gasteiger partial charge in [-0.2, -0.15) is 0 Å². The number of ketones is 2. The van der Waals surface area contributed by atoms with Gasteiger partial charge < -0.3 is 27.2 Å². The van der Waals surface area contributed by atoms with E-state index in [4.69, 9.17) is 16.6 Å². The molecule has 0 saturated heterocycles. The van der Waals surface area contributed by atoms with Crippen molar-refractivity contribution in [3.8, 4) is 0 Å². The lowest BCUT2D eigenvalue weighted by Gasteiger charge is -2.21. The number of nitrogens with two attached hydrogens (primary N) is 2. The van der Waals surface area contributed by atoms with E-state index >= 15 is 0 Å². The van der Waals surface area contributed by atoms with Crippen LogP contribution in [0.25, 0.3) is 0 Å². The fraction of sp³-hybridized carbons (Fsp3) is 0.750. The Morgan fingerprint density at radius 3 is 1.83 bits per heavy atom. The van der Waals surface area contributed by atoms with Crippen LogP contribution in [0.1, 0.15) is 65.2 Å². The minimum Gasteiger partial charge on any atom is -0.481 e. The lowest BCUT2D eigenvalue weighted by atomic mass is 10.00. The lowest BCUT2D eigenvalue weighted by molar-refractivity contribution is -0.141. The van der Waals surface area contributed by atoms with E-state index in [0.29, 0.717) is 45.2 Å². The Morgan fingerprint density at radius 1 is 0.833 bits per heavy atom. The molecule has 0 saturated carbocycles. The molecule has 10 heteroatoms. The summed E-state index contributed by atoms with van der Waals surface area (Å²) in [7, 11) is 0. The van der Waals surface area contributed by atoms with Crippen molar-refractivity contribution in [1.29, 1.82) is 0 Å². The van der Waals surface area contributed by atoms with Gasteiger partial charge in [0.1, 0.15) is 0 Å². The van der Waals surface area contributed by atoms with E-state index in [2.05, 4.69) is 10.6 Å². The molecule has 7 N–H and O–H groups in total. The SMILES string of the molecule is CC(=O)[C@H](CCCCN)NC(=O)C(=O)[C@H](CCCCN)NC(=O)[C@@H](C)CCC(=O)O. The molecule has 0 heterocycles. The molecular formula is C20H36N4O6. The molecule has 10 nitrogen and oxygen atoms in total. The predicted octanol–water partition coefficient (Wildman–Crippen LogP) is -0.127. The maximum atomic E-state index is 12.7. The number of carboxylic acids is 1. The van der Waals surface area contributed by atoms with Crippen LogP contribution in [0.4, 0.5) is 0 Å². The number of amides is 2. The van der Waals surface area contributed by atoms with E-state index in [1.54, 1.807) is 6.92 Å². The average Bonchev–Trinajstić information content (AvgIpc) is 2.69. The Morgan fingerprint density at radius 2 is 1.37 bits per heavy atom. The fourth-order valence-electron chi connectivity index (χ4n) is 2.80. The van der Waals surface area contributed by atoms with Crippen molar-refractivity contribution in [3.05, 3.63) is 0 Å². The van der Waals surface area contributed by atoms with Gasteiger partial charge in [-0.1, -0.05) is 6.92 Å². The number of unbranched alkanes of at least 4 members (excludes halogenated alkanes) is 2.